The average molecular weight is 228 g/mol. The molecule has 1 fully saturated rings. The van der Waals surface area contributed by atoms with Gasteiger partial charge in [-0.1, -0.05) is 0 Å². The number of benzene rings is 1. The van der Waals surface area contributed by atoms with E-state index in [0.717, 1.165) is 24.3 Å². The molecule has 15 heavy (non-hydrogen) atoms. The van der Waals surface area contributed by atoms with Gasteiger partial charge in [-0.2, -0.15) is 0 Å². The van der Waals surface area contributed by atoms with Crippen molar-refractivity contribution in [2.45, 2.75) is 38.2 Å². The van der Waals surface area contributed by atoms with Crippen molar-refractivity contribution < 1.29 is 4.74 Å². The largest absolute Gasteiger partial charge is 0.488 e. The fourth-order valence-electron chi connectivity index (χ4n) is 2.05. The third-order valence-corrected chi connectivity index (χ3v) is 2.91. The Hall–Kier alpha value is -0.890. The van der Waals surface area contributed by atoms with Crippen LogP contribution in [0.2, 0.25) is 0 Å². The fourth-order valence-corrected chi connectivity index (χ4v) is 2.05. The van der Waals surface area contributed by atoms with Crippen LogP contribution in [-0.2, 0) is 0 Å². The van der Waals surface area contributed by atoms with Crippen LogP contribution in [0.4, 0.5) is 5.69 Å². The van der Waals surface area contributed by atoms with E-state index in [-0.39, 0.29) is 18.0 Å². The number of hydrogen-bond donors (Lipinski definition) is 1. The van der Waals surface area contributed by atoms with E-state index in [2.05, 4.69) is 6.92 Å². The molecule has 0 saturated heterocycles. The van der Waals surface area contributed by atoms with Gasteiger partial charge in [-0.3, -0.25) is 0 Å². The van der Waals surface area contributed by atoms with Crippen LogP contribution in [0, 0.1) is 0 Å². The lowest BCUT2D eigenvalue weighted by atomic mass is 10.1. The maximum absolute atomic E-state index is 5.96. The zero-order chi connectivity index (χ0) is 10.0. The Morgan fingerprint density at radius 1 is 1.13 bits per heavy atom. The lowest BCUT2D eigenvalue weighted by Crippen LogP contribution is -2.27. The van der Waals surface area contributed by atoms with Gasteiger partial charge in [0.05, 0.1) is 0 Å². The van der Waals surface area contributed by atoms with Gasteiger partial charge in [0.15, 0.2) is 0 Å². The molecule has 1 aliphatic carbocycles. The van der Waals surface area contributed by atoms with Gasteiger partial charge in [0.1, 0.15) is 11.4 Å². The van der Waals surface area contributed by atoms with Crippen LogP contribution >= 0.6 is 12.4 Å². The molecule has 2 rings (SSSR count). The smallest absolute Gasteiger partial charge is 0.120 e. The molecular formula is C12H18ClNO. The third kappa shape index (κ3) is 3.03. The van der Waals surface area contributed by atoms with E-state index < -0.39 is 0 Å². The molecule has 2 nitrogen and oxygen atoms in total. The van der Waals surface area contributed by atoms with Gasteiger partial charge in [-0.25, -0.2) is 0 Å². The van der Waals surface area contributed by atoms with Crippen LogP contribution in [0.3, 0.4) is 0 Å². The van der Waals surface area contributed by atoms with E-state index in [1.54, 1.807) is 0 Å². The van der Waals surface area contributed by atoms with Crippen LogP contribution in [-0.4, -0.2) is 5.60 Å². The molecule has 0 radical (unpaired) electrons. The first kappa shape index (κ1) is 12.2. The Balaban J connectivity index is 0.00000112. The monoisotopic (exact) mass is 227 g/mol. The van der Waals surface area contributed by atoms with E-state index >= 15 is 0 Å². The summed E-state index contributed by atoms with van der Waals surface area (Å²) in [5.41, 5.74) is 6.45. The SMILES string of the molecule is CC1(Oc2ccc(N)cc2)CCCC1.Cl. The van der Waals surface area contributed by atoms with E-state index in [0.29, 0.717) is 0 Å². The minimum Gasteiger partial charge on any atom is -0.488 e. The maximum atomic E-state index is 5.96. The van der Waals surface area contributed by atoms with E-state index in [1.165, 1.54) is 12.8 Å². The molecule has 1 saturated carbocycles. The summed E-state index contributed by atoms with van der Waals surface area (Å²) in [7, 11) is 0. The van der Waals surface area contributed by atoms with Crippen molar-refractivity contribution in [3.05, 3.63) is 24.3 Å². The number of hydrogen-bond acceptors (Lipinski definition) is 2. The molecule has 0 bridgehead atoms. The van der Waals surface area contributed by atoms with Crippen molar-refractivity contribution >= 4 is 18.1 Å². The summed E-state index contributed by atoms with van der Waals surface area (Å²) in [6, 6.07) is 7.65. The minimum absolute atomic E-state index is 0. The van der Waals surface area contributed by atoms with Crippen molar-refractivity contribution in [3.63, 3.8) is 0 Å². The Bertz CT molecular complexity index is 304. The minimum atomic E-state index is 0. The Labute approximate surface area is 97.2 Å². The standard InChI is InChI=1S/C12H17NO.ClH/c1-12(8-2-3-9-12)14-11-6-4-10(13)5-7-11;/h4-7H,2-3,8-9,13H2,1H3;1H. The van der Waals surface area contributed by atoms with Crippen LogP contribution in [0.25, 0.3) is 0 Å². The molecule has 0 spiro atoms. The predicted octanol–water partition coefficient (Wildman–Crippen LogP) is 3.40. The molecule has 1 aromatic carbocycles. The first-order chi connectivity index (χ1) is 6.68. The van der Waals surface area contributed by atoms with Crippen LogP contribution < -0.4 is 10.5 Å². The molecule has 1 aliphatic rings. The highest BCUT2D eigenvalue weighted by atomic mass is 35.5. The topological polar surface area (TPSA) is 35.2 Å². The van der Waals surface area contributed by atoms with Gasteiger partial charge in [0.2, 0.25) is 0 Å². The van der Waals surface area contributed by atoms with Gasteiger partial charge < -0.3 is 10.5 Å². The zero-order valence-electron chi connectivity index (χ0n) is 9.03. The molecule has 2 N–H and O–H groups in total. The molecule has 84 valence electrons. The number of nitrogens with two attached hydrogens (primary N) is 1. The van der Waals surface area contributed by atoms with Gasteiger partial charge in [-0.05, 0) is 56.9 Å². The lowest BCUT2D eigenvalue weighted by molar-refractivity contribution is 0.0968. The number of anilines is 1. The lowest BCUT2D eigenvalue weighted by Gasteiger charge is -2.25. The average Bonchev–Trinajstić information content (AvgIpc) is 2.57. The third-order valence-electron chi connectivity index (χ3n) is 2.91. The highest BCUT2D eigenvalue weighted by Gasteiger charge is 2.30. The first-order valence-electron chi connectivity index (χ1n) is 5.23. The van der Waals surface area contributed by atoms with E-state index in [4.69, 9.17) is 10.5 Å². The van der Waals surface area contributed by atoms with Crippen LogP contribution in [0.1, 0.15) is 32.6 Å². The maximum Gasteiger partial charge on any atom is 0.120 e. The second-order valence-corrected chi connectivity index (χ2v) is 4.33. The predicted molar refractivity (Wildman–Crippen MR) is 65.6 cm³/mol. The highest BCUT2D eigenvalue weighted by Crippen LogP contribution is 2.33. The van der Waals surface area contributed by atoms with Crippen molar-refractivity contribution in [2.75, 3.05) is 5.73 Å². The van der Waals surface area contributed by atoms with E-state index in [9.17, 15) is 0 Å². The number of nitrogen functional groups attached to an aromatic ring is 1. The molecule has 0 amide bonds. The summed E-state index contributed by atoms with van der Waals surface area (Å²) in [6.45, 7) is 2.19. The summed E-state index contributed by atoms with van der Waals surface area (Å²) in [6.07, 6.45) is 4.89. The normalized spacial score (nSPS) is 18.2. The van der Waals surface area contributed by atoms with Gasteiger partial charge >= 0.3 is 0 Å². The number of ether oxygens (including phenoxy) is 1. The molecule has 0 heterocycles. The summed E-state index contributed by atoms with van der Waals surface area (Å²) in [4.78, 5) is 0. The second-order valence-electron chi connectivity index (χ2n) is 4.33. The van der Waals surface area contributed by atoms with Crippen molar-refractivity contribution in [3.8, 4) is 5.75 Å². The Morgan fingerprint density at radius 2 is 1.67 bits per heavy atom. The summed E-state index contributed by atoms with van der Waals surface area (Å²) >= 11 is 0. The fraction of sp³-hybridized carbons (Fsp3) is 0.500. The van der Waals surface area contributed by atoms with Crippen molar-refractivity contribution in [1.82, 2.24) is 0 Å². The van der Waals surface area contributed by atoms with Gasteiger partial charge in [0.25, 0.3) is 0 Å². The second kappa shape index (κ2) is 4.75. The molecule has 0 atom stereocenters. The van der Waals surface area contributed by atoms with Crippen LogP contribution in [0.15, 0.2) is 24.3 Å². The highest BCUT2D eigenvalue weighted by molar-refractivity contribution is 5.85. The zero-order valence-corrected chi connectivity index (χ0v) is 9.85. The van der Waals surface area contributed by atoms with E-state index in [1.807, 2.05) is 24.3 Å². The Kier molecular flexibility index (Phi) is 3.86. The van der Waals surface area contributed by atoms with Crippen molar-refractivity contribution in [2.24, 2.45) is 0 Å². The molecule has 0 aromatic heterocycles. The summed E-state index contributed by atoms with van der Waals surface area (Å²) in [5, 5.41) is 0. The van der Waals surface area contributed by atoms with Gasteiger partial charge in [0, 0.05) is 5.69 Å². The quantitative estimate of drug-likeness (QED) is 0.786. The molecule has 0 unspecified atom stereocenters. The van der Waals surface area contributed by atoms with Crippen LogP contribution in [0.5, 0.6) is 5.75 Å². The van der Waals surface area contributed by atoms with Crippen molar-refractivity contribution in [1.29, 1.82) is 0 Å². The summed E-state index contributed by atoms with van der Waals surface area (Å²) < 4.78 is 5.96. The number of rotatable bonds is 2. The molecule has 0 aliphatic heterocycles. The Morgan fingerprint density at radius 3 is 2.20 bits per heavy atom. The molecule has 1 aromatic rings. The molecular weight excluding hydrogens is 210 g/mol. The summed E-state index contributed by atoms with van der Waals surface area (Å²) in [5.74, 6) is 0.934. The number of halogens is 1. The first-order valence-corrected chi connectivity index (χ1v) is 5.23. The molecule has 3 heteroatoms. The van der Waals surface area contributed by atoms with Gasteiger partial charge in [-0.15, -0.1) is 12.4 Å².